The summed E-state index contributed by atoms with van der Waals surface area (Å²) in [6.45, 7) is 3.03. The number of carbonyl (C=O) groups is 2. The van der Waals surface area contributed by atoms with Gasteiger partial charge in [0, 0.05) is 23.4 Å². The molecule has 11 heteroatoms. The van der Waals surface area contributed by atoms with E-state index in [9.17, 15) is 9.59 Å². The summed E-state index contributed by atoms with van der Waals surface area (Å²) < 4.78 is 13.4. The van der Waals surface area contributed by atoms with E-state index in [-0.39, 0.29) is 17.6 Å². The number of amides is 2. The molecule has 0 aliphatic heterocycles. The SMILES string of the molecule is CCn1c(SCC(=O)Nc2sc3c(c2C(=O)NCc2ccccc2)CCCC3)nnc1-c1cc2cccc(OC)c2o1. The second kappa shape index (κ2) is 12.4. The third-order valence-corrected chi connectivity index (χ3v) is 9.43. The van der Waals surface area contributed by atoms with Crippen LogP contribution in [0.3, 0.4) is 0 Å². The van der Waals surface area contributed by atoms with Crippen LogP contribution >= 0.6 is 23.1 Å². The second-order valence-electron chi connectivity index (χ2n) is 9.96. The van der Waals surface area contributed by atoms with Crippen LogP contribution in [-0.2, 0) is 30.7 Å². The molecule has 0 unspecified atom stereocenters. The van der Waals surface area contributed by atoms with Gasteiger partial charge in [-0.15, -0.1) is 21.5 Å². The Labute approximate surface area is 251 Å². The molecular weight excluding hydrogens is 571 g/mol. The monoisotopic (exact) mass is 601 g/mol. The highest BCUT2D eigenvalue weighted by Gasteiger charge is 2.27. The van der Waals surface area contributed by atoms with Crippen molar-refractivity contribution >= 4 is 50.9 Å². The Bertz CT molecular complexity index is 1740. The van der Waals surface area contributed by atoms with Crippen molar-refractivity contribution in [3.05, 3.63) is 76.2 Å². The molecule has 42 heavy (non-hydrogen) atoms. The first-order valence-electron chi connectivity index (χ1n) is 13.9. The first-order chi connectivity index (χ1) is 20.6. The quantitative estimate of drug-likeness (QED) is 0.180. The third kappa shape index (κ3) is 5.66. The molecule has 216 valence electrons. The van der Waals surface area contributed by atoms with E-state index >= 15 is 0 Å². The Hall–Kier alpha value is -4.09. The van der Waals surface area contributed by atoms with Gasteiger partial charge in [0.1, 0.15) is 5.00 Å². The van der Waals surface area contributed by atoms with Crippen molar-refractivity contribution in [3.63, 3.8) is 0 Å². The predicted octanol–water partition coefficient (Wildman–Crippen LogP) is 6.32. The van der Waals surface area contributed by atoms with E-state index in [1.54, 1.807) is 7.11 Å². The van der Waals surface area contributed by atoms with Gasteiger partial charge >= 0.3 is 0 Å². The van der Waals surface area contributed by atoms with Crippen LogP contribution in [0.4, 0.5) is 5.00 Å². The first kappa shape index (κ1) is 28.0. The fraction of sp³-hybridized carbons (Fsp3) is 0.290. The van der Waals surface area contributed by atoms with Crippen molar-refractivity contribution in [3.8, 4) is 17.3 Å². The van der Waals surface area contributed by atoms with Crippen LogP contribution in [0.2, 0.25) is 0 Å². The number of rotatable bonds is 10. The molecule has 2 aromatic carbocycles. The highest BCUT2D eigenvalue weighted by atomic mass is 32.2. The Morgan fingerprint density at radius 1 is 1.10 bits per heavy atom. The zero-order chi connectivity index (χ0) is 29.1. The lowest BCUT2D eigenvalue weighted by Crippen LogP contribution is -2.25. The van der Waals surface area contributed by atoms with Crippen molar-refractivity contribution in [2.45, 2.75) is 50.9 Å². The Morgan fingerprint density at radius 3 is 2.74 bits per heavy atom. The van der Waals surface area contributed by atoms with Gasteiger partial charge in [0.2, 0.25) is 11.7 Å². The summed E-state index contributed by atoms with van der Waals surface area (Å²) in [5.74, 6) is 1.59. The fourth-order valence-electron chi connectivity index (χ4n) is 5.22. The summed E-state index contributed by atoms with van der Waals surface area (Å²) in [5.41, 5.74) is 3.34. The molecular formula is C31H31N5O4S2. The zero-order valence-corrected chi connectivity index (χ0v) is 25.1. The molecule has 0 spiro atoms. The number of methoxy groups -OCH3 is 1. The number of fused-ring (bicyclic) bond motifs is 2. The van der Waals surface area contributed by atoms with E-state index in [1.165, 1.54) is 28.0 Å². The summed E-state index contributed by atoms with van der Waals surface area (Å²) >= 11 is 2.82. The molecule has 0 fully saturated rings. The van der Waals surface area contributed by atoms with Gasteiger partial charge in [0.15, 0.2) is 22.2 Å². The molecule has 0 radical (unpaired) electrons. The highest BCUT2D eigenvalue weighted by Crippen LogP contribution is 2.39. The largest absolute Gasteiger partial charge is 0.493 e. The Kier molecular flexibility index (Phi) is 8.29. The van der Waals surface area contributed by atoms with Crippen molar-refractivity contribution in [1.82, 2.24) is 20.1 Å². The van der Waals surface area contributed by atoms with Gasteiger partial charge in [0.25, 0.3) is 5.91 Å². The maximum atomic E-state index is 13.4. The number of benzene rings is 2. The lowest BCUT2D eigenvalue weighted by Gasteiger charge is -2.13. The van der Waals surface area contributed by atoms with Crippen LogP contribution in [0.5, 0.6) is 5.75 Å². The van der Waals surface area contributed by atoms with Gasteiger partial charge in [-0.05, 0) is 55.9 Å². The topological polar surface area (TPSA) is 111 Å². The molecule has 0 saturated carbocycles. The van der Waals surface area contributed by atoms with E-state index in [2.05, 4.69) is 20.8 Å². The number of hydrogen-bond donors (Lipinski definition) is 2. The summed E-state index contributed by atoms with van der Waals surface area (Å²) in [5, 5.41) is 16.9. The van der Waals surface area contributed by atoms with E-state index in [4.69, 9.17) is 9.15 Å². The number of nitrogens with zero attached hydrogens (tertiary/aromatic N) is 3. The number of hydrogen-bond acceptors (Lipinski definition) is 8. The smallest absolute Gasteiger partial charge is 0.254 e. The molecule has 5 aromatic rings. The number of para-hydroxylation sites is 1. The van der Waals surface area contributed by atoms with Crippen LogP contribution in [0.25, 0.3) is 22.6 Å². The standard InChI is InChI=1S/C31H31N5O4S2/c1-3-36-28(23-16-20-12-9-14-22(39-2)27(20)40-23)34-35-31(36)41-18-25(37)33-30-26(21-13-7-8-15-24(21)42-30)29(38)32-17-19-10-5-4-6-11-19/h4-6,9-12,14,16H,3,7-8,13,15,17-18H2,1-2H3,(H,32,38)(H,33,37). The minimum Gasteiger partial charge on any atom is -0.493 e. The summed E-state index contributed by atoms with van der Waals surface area (Å²) in [4.78, 5) is 27.7. The number of ether oxygens (including phenoxy) is 1. The normalized spacial score (nSPS) is 12.7. The number of nitrogens with one attached hydrogen (secondary N) is 2. The van der Waals surface area contributed by atoms with Crippen LogP contribution in [0.15, 0.2) is 64.2 Å². The van der Waals surface area contributed by atoms with Crippen molar-refractivity contribution < 1.29 is 18.7 Å². The van der Waals surface area contributed by atoms with Crippen molar-refractivity contribution in [1.29, 1.82) is 0 Å². The molecule has 0 saturated heterocycles. The summed E-state index contributed by atoms with van der Waals surface area (Å²) in [6, 6.07) is 17.4. The highest BCUT2D eigenvalue weighted by molar-refractivity contribution is 7.99. The molecule has 3 heterocycles. The molecule has 1 aliphatic rings. The number of thioether (sulfide) groups is 1. The first-order valence-corrected chi connectivity index (χ1v) is 15.7. The van der Waals surface area contributed by atoms with Crippen LogP contribution < -0.4 is 15.4 Å². The van der Waals surface area contributed by atoms with Gasteiger partial charge in [0.05, 0.1) is 18.4 Å². The third-order valence-electron chi connectivity index (χ3n) is 7.26. The van der Waals surface area contributed by atoms with Gasteiger partial charge < -0.3 is 19.8 Å². The average molecular weight is 602 g/mol. The molecule has 2 N–H and O–H groups in total. The van der Waals surface area contributed by atoms with Crippen LogP contribution in [0, 0.1) is 0 Å². The molecule has 6 rings (SSSR count). The second-order valence-corrected chi connectivity index (χ2v) is 12.0. The van der Waals surface area contributed by atoms with Crippen LogP contribution in [-0.4, -0.2) is 39.4 Å². The zero-order valence-electron chi connectivity index (χ0n) is 23.4. The molecule has 3 aromatic heterocycles. The molecule has 0 bridgehead atoms. The van der Waals surface area contributed by atoms with Crippen LogP contribution in [0.1, 0.15) is 46.1 Å². The Morgan fingerprint density at radius 2 is 1.93 bits per heavy atom. The van der Waals surface area contributed by atoms with Crippen molar-refractivity contribution in [2.24, 2.45) is 0 Å². The minimum absolute atomic E-state index is 0.125. The molecule has 0 atom stereocenters. The Balaban J connectivity index is 1.17. The van der Waals surface area contributed by atoms with E-state index in [0.717, 1.165) is 42.2 Å². The predicted molar refractivity (Wildman–Crippen MR) is 165 cm³/mol. The van der Waals surface area contributed by atoms with Gasteiger partial charge in [-0.2, -0.15) is 0 Å². The molecule has 1 aliphatic carbocycles. The van der Waals surface area contributed by atoms with E-state index < -0.39 is 0 Å². The fourth-order valence-corrected chi connectivity index (χ4v) is 7.33. The number of aryl methyl sites for hydroxylation is 1. The van der Waals surface area contributed by atoms with Gasteiger partial charge in [-0.3, -0.25) is 14.2 Å². The minimum atomic E-state index is -0.198. The number of carbonyl (C=O) groups excluding carboxylic acids is 2. The molecule has 2 amide bonds. The van der Waals surface area contributed by atoms with E-state index in [0.29, 0.717) is 51.7 Å². The number of thiophene rings is 1. The number of aromatic nitrogens is 3. The summed E-state index contributed by atoms with van der Waals surface area (Å²) in [7, 11) is 1.61. The van der Waals surface area contributed by atoms with Gasteiger partial charge in [-0.1, -0.05) is 54.2 Å². The van der Waals surface area contributed by atoms with Crippen molar-refractivity contribution in [2.75, 3.05) is 18.2 Å². The van der Waals surface area contributed by atoms with Gasteiger partial charge in [-0.25, -0.2) is 0 Å². The molecule has 9 nitrogen and oxygen atoms in total. The number of furan rings is 1. The average Bonchev–Trinajstić information content (AvgIpc) is 3.73. The maximum Gasteiger partial charge on any atom is 0.254 e. The lowest BCUT2D eigenvalue weighted by molar-refractivity contribution is -0.113. The summed E-state index contributed by atoms with van der Waals surface area (Å²) in [6.07, 6.45) is 3.91. The van der Waals surface area contributed by atoms with E-state index in [1.807, 2.05) is 66.1 Å². The maximum absolute atomic E-state index is 13.4. The lowest BCUT2D eigenvalue weighted by atomic mass is 9.95. The number of anilines is 1.